The number of aromatic nitrogens is 1. The summed E-state index contributed by atoms with van der Waals surface area (Å²) in [6, 6.07) is 8.71. The molecule has 2 rings (SSSR count). The van der Waals surface area contributed by atoms with E-state index in [1.165, 1.54) is 6.07 Å². The second-order valence-electron chi connectivity index (χ2n) is 3.55. The summed E-state index contributed by atoms with van der Waals surface area (Å²) < 4.78 is 18.4. The molecule has 0 saturated heterocycles. The standard InChI is InChI=1S/C13H12FNO/c1-9-3-4-10(7-12(9)14)13-6-5-11(16-2)8-15-13/h3-8H,1-2H3. The lowest BCUT2D eigenvalue weighted by atomic mass is 10.1. The lowest BCUT2D eigenvalue weighted by molar-refractivity contribution is 0.413. The average molecular weight is 217 g/mol. The molecule has 0 amide bonds. The number of benzene rings is 1. The first-order valence-electron chi connectivity index (χ1n) is 4.97. The number of aryl methyl sites for hydroxylation is 1. The zero-order valence-corrected chi connectivity index (χ0v) is 9.20. The highest BCUT2D eigenvalue weighted by Gasteiger charge is 2.03. The van der Waals surface area contributed by atoms with Crippen LogP contribution in [0.15, 0.2) is 36.5 Å². The van der Waals surface area contributed by atoms with Crippen LogP contribution >= 0.6 is 0 Å². The van der Waals surface area contributed by atoms with Gasteiger partial charge < -0.3 is 4.74 Å². The van der Waals surface area contributed by atoms with E-state index in [9.17, 15) is 4.39 Å². The quantitative estimate of drug-likeness (QED) is 0.770. The summed E-state index contributed by atoms with van der Waals surface area (Å²) >= 11 is 0. The summed E-state index contributed by atoms with van der Waals surface area (Å²) in [5, 5.41) is 0. The number of rotatable bonds is 2. The molecule has 0 spiro atoms. The SMILES string of the molecule is COc1ccc(-c2ccc(C)c(F)c2)nc1. The lowest BCUT2D eigenvalue weighted by Gasteiger charge is -2.04. The first-order valence-corrected chi connectivity index (χ1v) is 4.97. The molecule has 0 saturated carbocycles. The van der Waals surface area contributed by atoms with Gasteiger partial charge in [-0.3, -0.25) is 4.98 Å². The number of halogens is 1. The van der Waals surface area contributed by atoms with E-state index in [1.54, 1.807) is 32.4 Å². The van der Waals surface area contributed by atoms with Gasteiger partial charge in [0.05, 0.1) is 19.0 Å². The van der Waals surface area contributed by atoms with Crippen molar-refractivity contribution < 1.29 is 9.13 Å². The third kappa shape index (κ3) is 2.03. The van der Waals surface area contributed by atoms with Crippen molar-refractivity contribution in [2.24, 2.45) is 0 Å². The van der Waals surface area contributed by atoms with Gasteiger partial charge in [-0.15, -0.1) is 0 Å². The second-order valence-corrected chi connectivity index (χ2v) is 3.55. The van der Waals surface area contributed by atoms with Crippen molar-refractivity contribution in [3.8, 4) is 17.0 Å². The van der Waals surface area contributed by atoms with Gasteiger partial charge in [0.2, 0.25) is 0 Å². The minimum atomic E-state index is -0.213. The Morgan fingerprint density at radius 3 is 2.56 bits per heavy atom. The summed E-state index contributed by atoms with van der Waals surface area (Å²) in [5.74, 6) is 0.478. The summed E-state index contributed by atoms with van der Waals surface area (Å²) in [5.41, 5.74) is 2.14. The molecule has 0 aliphatic heterocycles. The van der Waals surface area contributed by atoms with E-state index in [1.807, 2.05) is 12.1 Å². The molecule has 2 nitrogen and oxygen atoms in total. The molecule has 0 bridgehead atoms. The summed E-state index contributed by atoms with van der Waals surface area (Å²) in [4.78, 5) is 4.20. The molecule has 0 fully saturated rings. The Labute approximate surface area is 93.7 Å². The van der Waals surface area contributed by atoms with Crippen molar-refractivity contribution in [2.45, 2.75) is 6.92 Å². The van der Waals surface area contributed by atoms with E-state index in [0.29, 0.717) is 11.3 Å². The Hall–Kier alpha value is -1.90. The van der Waals surface area contributed by atoms with Crippen LogP contribution in [-0.4, -0.2) is 12.1 Å². The van der Waals surface area contributed by atoms with Gasteiger partial charge in [0.25, 0.3) is 0 Å². The van der Waals surface area contributed by atoms with Crippen molar-refractivity contribution >= 4 is 0 Å². The van der Waals surface area contributed by atoms with Crippen LogP contribution in [0.2, 0.25) is 0 Å². The molecular formula is C13H12FNO. The van der Waals surface area contributed by atoms with Gasteiger partial charge in [-0.1, -0.05) is 12.1 Å². The molecule has 3 heteroatoms. The van der Waals surface area contributed by atoms with Gasteiger partial charge in [0.1, 0.15) is 11.6 Å². The van der Waals surface area contributed by atoms with Gasteiger partial charge in [0.15, 0.2) is 0 Å². The van der Waals surface area contributed by atoms with E-state index in [0.717, 1.165) is 11.3 Å². The fourth-order valence-electron chi connectivity index (χ4n) is 1.42. The Bertz CT molecular complexity index is 494. The zero-order chi connectivity index (χ0) is 11.5. The van der Waals surface area contributed by atoms with Crippen molar-refractivity contribution in [3.63, 3.8) is 0 Å². The zero-order valence-electron chi connectivity index (χ0n) is 9.20. The van der Waals surface area contributed by atoms with E-state index in [-0.39, 0.29) is 5.82 Å². The number of nitrogens with zero attached hydrogens (tertiary/aromatic N) is 1. The number of methoxy groups -OCH3 is 1. The van der Waals surface area contributed by atoms with Crippen LogP contribution in [0.5, 0.6) is 5.75 Å². The number of pyridine rings is 1. The molecule has 16 heavy (non-hydrogen) atoms. The van der Waals surface area contributed by atoms with Crippen molar-refractivity contribution in [1.29, 1.82) is 0 Å². The van der Waals surface area contributed by atoms with E-state index >= 15 is 0 Å². The minimum absolute atomic E-state index is 0.213. The fraction of sp³-hybridized carbons (Fsp3) is 0.154. The van der Waals surface area contributed by atoms with Gasteiger partial charge in [-0.05, 0) is 30.7 Å². The maximum absolute atomic E-state index is 13.4. The highest BCUT2D eigenvalue weighted by Crippen LogP contribution is 2.21. The van der Waals surface area contributed by atoms with Gasteiger partial charge >= 0.3 is 0 Å². The van der Waals surface area contributed by atoms with E-state index in [4.69, 9.17) is 4.74 Å². The highest BCUT2D eigenvalue weighted by molar-refractivity contribution is 5.60. The normalized spacial score (nSPS) is 10.2. The van der Waals surface area contributed by atoms with Gasteiger partial charge in [-0.25, -0.2) is 4.39 Å². The number of hydrogen-bond acceptors (Lipinski definition) is 2. The van der Waals surface area contributed by atoms with E-state index in [2.05, 4.69) is 4.98 Å². The monoisotopic (exact) mass is 217 g/mol. The molecule has 0 aliphatic rings. The molecule has 0 N–H and O–H groups in total. The molecule has 0 radical (unpaired) electrons. The van der Waals surface area contributed by atoms with Crippen molar-refractivity contribution in [1.82, 2.24) is 4.98 Å². The Morgan fingerprint density at radius 1 is 1.19 bits per heavy atom. The van der Waals surface area contributed by atoms with Crippen molar-refractivity contribution in [3.05, 3.63) is 47.9 Å². The molecule has 82 valence electrons. The predicted molar refractivity (Wildman–Crippen MR) is 60.9 cm³/mol. The van der Waals surface area contributed by atoms with Crippen LogP contribution in [0.25, 0.3) is 11.3 Å². The Morgan fingerprint density at radius 2 is 2.00 bits per heavy atom. The molecule has 1 aromatic heterocycles. The van der Waals surface area contributed by atoms with Crippen LogP contribution < -0.4 is 4.74 Å². The van der Waals surface area contributed by atoms with Crippen LogP contribution in [-0.2, 0) is 0 Å². The molecule has 2 aromatic rings. The van der Waals surface area contributed by atoms with Crippen LogP contribution in [0.4, 0.5) is 4.39 Å². The number of hydrogen-bond donors (Lipinski definition) is 0. The predicted octanol–water partition coefficient (Wildman–Crippen LogP) is 3.20. The van der Waals surface area contributed by atoms with Crippen LogP contribution in [0, 0.1) is 12.7 Å². The Balaban J connectivity index is 2.38. The Kier molecular flexibility index (Phi) is 2.86. The molecule has 0 atom stereocenters. The topological polar surface area (TPSA) is 22.1 Å². The maximum Gasteiger partial charge on any atom is 0.137 e. The maximum atomic E-state index is 13.4. The van der Waals surface area contributed by atoms with Gasteiger partial charge in [-0.2, -0.15) is 0 Å². The summed E-state index contributed by atoms with van der Waals surface area (Å²) in [6.45, 7) is 1.74. The first-order chi connectivity index (χ1) is 7.70. The largest absolute Gasteiger partial charge is 0.495 e. The smallest absolute Gasteiger partial charge is 0.137 e. The molecule has 0 aliphatic carbocycles. The third-order valence-electron chi connectivity index (χ3n) is 2.44. The van der Waals surface area contributed by atoms with E-state index < -0.39 is 0 Å². The lowest BCUT2D eigenvalue weighted by Crippen LogP contribution is -1.88. The fourth-order valence-corrected chi connectivity index (χ4v) is 1.42. The van der Waals surface area contributed by atoms with Crippen LogP contribution in [0.3, 0.4) is 0 Å². The minimum Gasteiger partial charge on any atom is -0.495 e. The summed E-state index contributed by atoms with van der Waals surface area (Å²) in [6.07, 6.45) is 1.62. The van der Waals surface area contributed by atoms with Crippen molar-refractivity contribution in [2.75, 3.05) is 7.11 Å². The molecular weight excluding hydrogens is 205 g/mol. The highest BCUT2D eigenvalue weighted by atomic mass is 19.1. The van der Waals surface area contributed by atoms with Gasteiger partial charge in [0, 0.05) is 5.56 Å². The molecule has 0 unspecified atom stereocenters. The van der Waals surface area contributed by atoms with Crippen LogP contribution in [0.1, 0.15) is 5.56 Å². The first kappa shape index (κ1) is 10.6. The average Bonchev–Trinajstić information content (AvgIpc) is 2.33. The number of ether oxygens (including phenoxy) is 1. The molecule has 1 heterocycles. The molecule has 1 aromatic carbocycles. The second kappa shape index (κ2) is 4.31. The summed E-state index contributed by atoms with van der Waals surface area (Å²) in [7, 11) is 1.59. The third-order valence-corrected chi connectivity index (χ3v) is 2.44.